The van der Waals surface area contributed by atoms with Crippen molar-refractivity contribution in [2.24, 2.45) is 11.3 Å². The molecule has 4 fully saturated rings. The van der Waals surface area contributed by atoms with Gasteiger partial charge in [0.25, 0.3) is 0 Å². The third-order valence-corrected chi connectivity index (χ3v) is 8.85. The summed E-state index contributed by atoms with van der Waals surface area (Å²) < 4.78 is 61.3. The molecule has 2 amide bonds. The number of aromatic nitrogens is 1. The van der Waals surface area contributed by atoms with Crippen molar-refractivity contribution in [3.63, 3.8) is 0 Å². The molecule has 1 atom stereocenters. The van der Waals surface area contributed by atoms with Gasteiger partial charge in [-0.15, -0.1) is 0 Å². The molecule has 0 aliphatic carbocycles. The molecule has 0 saturated carbocycles. The second-order valence-corrected chi connectivity index (χ2v) is 11.3. The first kappa shape index (κ1) is 19.9. The lowest BCUT2D eigenvalue weighted by Gasteiger charge is -2.56. The van der Waals surface area contributed by atoms with Crippen molar-refractivity contribution in [3.05, 3.63) is 23.9 Å². The van der Waals surface area contributed by atoms with Crippen LogP contribution in [-0.2, 0) is 9.84 Å². The Morgan fingerprint density at radius 3 is 2.33 bits per heavy atom. The average molecular weight is 444 g/mol. The lowest BCUT2D eigenvalue weighted by Crippen LogP contribution is -2.71. The van der Waals surface area contributed by atoms with Crippen molar-refractivity contribution in [2.45, 2.75) is 18.5 Å². The number of anilines is 1. The fourth-order valence-corrected chi connectivity index (χ4v) is 7.23. The quantitative estimate of drug-likeness (QED) is 0.695. The van der Waals surface area contributed by atoms with E-state index in [0.717, 1.165) is 5.56 Å². The maximum absolute atomic E-state index is 12.9. The van der Waals surface area contributed by atoms with Crippen molar-refractivity contribution in [2.75, 3.05) is 55.7 Å². The second-order valence-electron chi connectivity index (χ2n) is 9.20. The Kier molecular flexibility index (Phi) is 4.30. The first-order valence-corrected chi connectivity index (χ1v) is 11.9. The molecule has 5 heterocycles. The van der Waals surface area contributed by atoms with Gasteiger partial charge in [-0.2, -0.15) is 13.2 Å². The zero-order valence-corrected chi connectivity index (χ0v) is 17.1. The smallest absolute Gasteiger partial charge is 0.356 e. The maximum Gasteiger partial charge on any atom is 0.393 e. The molecule has 0 unspecified atom stereocenters. The van der Waals surface area contributed by atoms with E-state index in [4.69, 9.17) is 0 Å². The van der Waals surface area contributed by atoms with Gasteiger partial charge in [0.15, 0.2) is 9.84 Å². The molecule has 4 saturated heterocycles. The van der Waals surface area contributed by atoms with E-state index in [0.29, 0.717) is 38.5 Å². The van der Waals surface area contributed by atoms with E-state index in [1.807, 2.05) is 6.07 Å². The minimum atomic E-state index is -4.17. The van der Waals surface area contributed by atoms with Gasteiger partial charge in [0.05, 0.1) is 17.4 Å². The minimum Gasteiger partial charge on any atom is -0.356 e. The van der Waals surface area contributed by atoms with E-state index in [-0.39, 0.29) is 41.8 Å². The van der Waals surface area contributed by atoms with Crippen LogP contribution in [0.2, 0.25) is 0 Å². The van der Waals surface area contributed by atoms with Crippen LogP contribution < -0.4 is 4.90 Å². The number of hydrogen-bond acceptors (Lipinski definition) is 5. The first-order chi connectivity index (χ1) is 14.0. The topological polar surface area (TPSA) is 73.8 Å². The van der Waals surface area contributed by atoms with Crippen LogP contribution >= 0.6 is 0 Å². The minimum absolute atomic E-state index is 0.0546. The van der Waals surface area contributed by atoms with Crippen LogP contribution in [0.5, 0.6) is 0 Å². The molecule has 7 nitrogen and oxygen atoms in total. The Labute approximate surface area is 172 Å². The van der Waals surface area contributed by atoms with Gasteiger partial charge in [-0.25, -0.2) is 18.2 Å². The number of amides is 2. The van der Waals surface area contributed by atoms with Crippen LogP contribution in [0.1, 0.15) is 17.9 Å². The highest BCUT2D eigenvalue weighted by molar-refractivity contribution is 7.92. The number of halogens is 3. The molecule has 1 aromatic rings. The number of urea groups is 1. The number of sulfone groups is 1. The molecule has 164 valence electrons. The average Bonchev–Trinajstić information content (AvgIpc) is 3.06. The van der Waals surface area contributed by atoms with E-state index in [1.54, 1.807) is 27.0 Å². The summed E-state index contributed by atoms with van der Waals surface area (Å²) in [5, 5.41) is 0. The van der Waals surface area contributed by atoms with E-state index < -0.39 is 21.9 Å². The van der Waals surface area contributed by atoms with Crippen molar-refractivity contribution >= 4 is 21.7 Å². The van der Waals surface area contributed by atoms with E-state index in [9.17, 15) is 26.4 Å². The van der Waals surface area contributed by atoms with Gasteiger partial charge in [0, 0.05) is 56.8 Å². The van der Waals surface area contributed by atoms with E-state index in [2.05, 4.69) is 4.98 Å². The zero-order valence-electron chi connectivity index (χ0n) is 16.3. The molecule has 5 rings (SSSR count). The highest BCUT2D eigenvalue weighted by Gasteiger charge is 2.58. The Hall–Kier alpha value is -2.04. The number of nitrogens with zero attached hydrogens (tertiary/aromatic N) is 4. The summed E-state index contributed by atoms with van der Waals surface area (Å²) >= 11 is 0. The SMILES string of the molecule is O=C(N1CC(c2ccc(N3CC[C@H](C(F)(F)F)C3)nc2)C1)N1CC2(C1)CS(=O)(=O)C2. The Balaban J connectivity index is 1.11. The molecule has 4 aliphatic heterocycles. The van der Waals surface area contributed by atoms with E-state index >= 15 is 0 Å². The van der Waals surface area contributed by atoms with E-state index in [1.165, 1.54) is 0 Å². The Morgan fingerprint density at radius 1 is 1.10 bits per heavy atom. The maximum atomic E-state index is 12.9. The van der Waals surface area contributed by atoms with Crippen LogP contribution in [0.25, 0.3) is 0 Å². The molecule has 1 spiro atoms. The van der Waals surface area contributed by atoms with Gasteiger partial charge in [0.1, 0.15) is 5.82 Å². The lowest BCUT2D eigenvalue weighted by atomic mass is 9.83. The lowest BCUT2D eigenvalue weighted by molar-refractivity contribution is -0.168. The number of hydrogen-bond donors (Lipinski definition) is 0. The van der Waals surface area contributed by atoms with Gasteiger partial charge in [-0.3, -0.25) is 0 Å². The summed E-state index contributed by atoms with van der Waals surface area (Å²) in [6, 6.07) is 3.59. The Bertz CT molecular complexity index is 940. The number of pyridine rings is 1. The summed E-state index contributed by atoms with van der Waals surface area (Å²) in [5.74, 6) is -0.211. The van der Waals surface area contributed by atoms with Crippen LogP contribution in [-0.4, -0.2) is 86.2 Å². The van der Waals surface area contributed by atoms with Crippen LogP contribution in [0.4, 0.5) is 23.8 Å². The normalized spacial score (nSPS) is 27.6. The highest BCUT2D eigenvalue weighted by Crippen LogP contribution is 2.42. The van der Waals surface area contributed by atoms with Crippen molar-refractivity contribution in [3.8, 4) is 0 Å². The standard InChI is InChI=1S/C19H23F3N4O3S/c20-19(21,22)15-3-4-24(8-15)16-2-1-13(5-23-16)14-6-25(7-14)17(27)26-9-18(10-26)11-30(28,29)12-18/h1-2,5,14-15H,3-4,6-12H2/t15-/m0/s1. The van der Waals surface area contributed by atoms with Crippen LogP contribution in [0, 0.1) is 11.3 Å². The molecule has 0 radical (unpaired) electrons. The predicted octanol–water partition coefficient (Wildman–Crippen LogP) is 1.72. The van der Waals surface area contributed by atoms with Crippen molar-refractivity contribution < 1.29 is 26.4 Å². The number of likely N-dealkylation sites (tertiary alicyclic amines) is 2. The highest BCUT2D eigenvalue weighted by atomic mass is 32.2. The monoisotopic (exact) mass is 444 g/mol. The van der Waals surface area contributed by atoms with Crippen molar-refractivity contribution in [1.82, 2.24) is 14.8 Å². The zero-order chi connectivity index (χ0) is 21.3. The van der Waals surface area contributed by atoms with Gasteiger partial charge >= 0.3 is 12.2 Å². The fourth-order valence-electron chi connectivity index (χ4n) is 5.08. The van der Waals surface area contributed by atoms with Gasteiger partial charge < -0.3 is 14.7 Å². The summed E-state index contributed by atoms with van der Waals surface area (Å²) in [6.07, 6.45) is -2.38. The van der Waals surface area contributed by atoms with Gasteiger partial charge in [0.2, 0.25) is 0 Å². The molecule has 1 aromatic heterocycles. The fraction of sp³-hybridized carbons (Fsp3) is 0.684. The van der Waals surface area contributed by atoms with Crippen LogP contribution in [0.3, 0.4) is 0 Å². The third kappa shape index (κ3) is 3.40. The van der Waals surface area contributed by atoms with Gasteiger partial charge in [-0.1, -0.05) is 6.07 Å². The summed E-state index contributed by atoms with van der Waals surface area (Å²) in [5.41, 5.74) is 0.763. The Morgan fingerprint density at radius 2 is 1.80 bits per heavy atom. The molecular formula is C19H23F3N4O3S. The predicted molar refractivity (Wildman–Crippen MR) is 103 cm³/mol. The third-order valence-electron chi connectivity index (χ3n) is 6.74. The molecular weight excluding hydrogens is 421 g/mol. The summed E-state index contributed by atoms with van der Waals surface area (Å²) in [6.45, 7) is 2.46. The molecule has 4 aliphatic rings. The summed E-state index contributed by atoms with van der Waals surface area (Å²) in [7, 11) is -2.89. The first-order valence-electron chi connectivity index (χ1n) is 10.1. The molecule has 0 aromatic carbocycles. The molecule has 30 heavy (non-hydrogen) atoms. The molecule has 0 N–H and O–H groups in total. The number of carbonyl (C=O) groups excluding carboxylic acids is 1. The van der Waals surface area contributed by atoms with Gasteiger partial charge in [-0.05, 0) is 18.1 Å². The second kappa shape index (κ2) is 6.48. The molecule has 11 heteroatoms. The number of rotatable bonds is 2. The number of carbonyl (C=O) groups is 1. The van der Waals surface area contributed by atoms with Crippen LogP contribution in [0.15, 0.2) is 18.3 Å². The largest absolute Gasteiger partial charge is 0.393 e. The number of alkyl halides is 3. The van der Waals surface area contributed by atoms with Crippen molar-refractivity contribution in [1.29, 1.82) is 0 Å². The molecule has 0 bridgehead atoms. The summed E-state index contributed by atoms with van der Waals surface area (Å²) in [4.78, 5) is 22.0.